The molecule has 0 aromatic carbocycles. The fourth-order valence-corrected chi connectivity index (χ4v) is 7.75. The van der Waals surface area contributed by atoms with Gasteiger partial charge in [-0.05, 0) is 45.6 Å². The smallest absolute Gasteiger partial charge is 0.348 e. The average molecular weight is 611 g/mol. The molecule has 10 unspecified atom stereocenters. The van der Waals surface area contributed by atoms with Crippen LogP contribution in [0.3, 0.4) is 0 Å². The van der Waals surface area contributed by atoms with E-state index in [0.29, 0.717) is 0 Å². The summed E-state index contributed by atoms with van der Waals surface area (Å²) in [7, 11) is 2.20. The van der Waals surface area contributed by atoms with Crippen LogP contribution >= 0.6 is 0 Å². The van der Waals surface area contributed by atoms with Crippen molar-refractivity contribution in [1.82, 2.24) is 0 Å². The van der Waals surface area contributed by atoms with E-state index in [1.54, 1.807) is 13.8 Å². The molecule has 2 bridgehead atoms. The maximum atomic E-state index is 13.6. The van der Waals surface area contributed by atoms with Gasteiger partial charge in [0.15, 0.2) is 0 Å². The van der Waals surface area contributed by atoms with Gasteiger partial charge in [0.1, 0.15) is 23.6 Å². The second-order valence-corrected chi connectivity index (χ2v) is 12.2. The van der Waals surface area contributed by atoms with E-state index in [2.05, 4.69) is 0 Å². The van der Waals surface area contributed by atoms with Crippen molar-refractivity contribution >= 4 is 35.6 Å². The summed E-state index contributed by atoms with van der Waals surface area (Å²) in [5.41, 5.74) is -4.78. The summed E-state index contributed by atoms with van der Waals surface area (Å²) in [6.45, 7) is 6.76. The monoisotopic (exact) mass is 610 g/mol. The van der Waals surface area contributed by atoms with Gasteiger partial charge in [0, 0.05) is 36.7 Å². The number of methoxy groups -OCH3 is 2. The standard InChI is InChI=1S/C29H38O14/c1-12(27(4,5)43-14(3)31)8-19(33)42-22-23-28-11-40-29(23,26(37)39-7)24(35)21(34)20(28)16(10-18(32)38-6)15(13(2)30)9-17(28)41-25(22)36/h8,15-17,20-24,34-35H,9-11H2,1-7H3/b12-8+. The van der Waals surface area contributed by atoms with Gasteiger partial charge in [0.2, 0.25) is 11.7 Å². The molecule has 238 valence electrons. The van der Waals surface area contributed by atoms with E-state index in [9.17, 15) is 39.0 Å². The number of ketones is 1. The number of rotatable bonds is 8. The predicted octanol–water partition coefficient (Wildman–Crippen LogP) is -0.204. The summed E-state index contributed by atoms with van der Waals surface area (Å²) in [6.07, 6.45) is -6.07. The Bertz CT molecular complexity index is 1250. The highest BCUT2D eigenvalue weighted by Crippen LogP contribution is 2.68. The van der Waals surface area contributed by atoms with Gasteiger partial charge in [-0.15, -0.1) is 0 Å². The molecule has 2 saturated heterocycles. The molecule has 4 aliphatic rings. The number of carbonyl (C=O) groups excluding carboxylic acids is 6. The molecule has 14 heteroatoms. The highest BCUT2D eigenvalue weighted by molar-refractivity contribution is 5.90. The fraction of sp³-hybridized carbons (Fsp3) is 0.724. The largest absolute Gasteiger partial charge is 0.469 e. The molecule has 0 amide bonds. The fourth-order valence-electron chi connectivity index (χ4n) is 7.75. The number of aliphatic hydroxyl groups is 2. The summed E-state index contributed by atoms with van der Waals surface area (Å²) in [4.78, 5) is 77.0. The van der Waals surface area contributed by atoms with Crippen molar-refractivity contribution < 1.29 is 67.4 Å². The maximum absolute atomic E-state index is 13.6. The number of hydrogen-bond acceptors (Lipinski definition) is 14. The lowest BCUT2D eigenvalue weighted by Gasteiger charge is -2.63. The quantitative estimate of drug-likeness (QED) is 0.208. The Morgan fingerprint density at radius 1 is 1.07 bits per heavy atom. The van der Waals surface area contributed by atoms with Crippen molar-refractivity contribution in [3.05, 3.63) is 11.6 Å². The summed E-state index contributed by atoms with van der Waals surface area (Å²) in [6, 6.07) is 0. The van der Waals surface area contributed by atoms with Crippen molar-refractivity contribution in [1.29, 1.82) is 0 Å². The molecule has 2 saturated carbocycles. The van der Waals surface area contributed by atoms with Crippen LogP contribution in [0.25, 0.3) is 0 Å². The third kappa shape index (κ3) is 4.92. The van der Waals surface area contributed by atoms with E-state index >= 15 is 0 Å². The molecular formula is C29H38O14. The molecule has 2 aliphatic carbocycles. The highest BCUT2D eigenvalue weighted by Gasteiger charge is 2.83. The lowest BCUT2D eigenvalue weighted by atomic mass is 9.43. The topological polar surface area (TPSA) is 198 Å². The highest BCUT2D eigenvalue weighted by atomic mass is 16.6. The van der Waals surface area contributed by atoms with Crippen LogP contribution in [0.4, 0.5) is 0 Å². The lowest BCUT2D eigenvalue weighted by Crippen LogP contribution is -2.77. The summed E-state index contributed by atoms with van der Waals surface area (Å²) < 4.78 is 32.5. The summed E-state index contributed by atoms with van der Waals surface area (Å²) in [5.74, 6) is -9.19. The SMILES string of the molecule is COC(=O)CC1C(C(C)=O)CC2OC(=O)C(OC(=O)/C=C(\C)C(C)(C)OC(C)=O)C3C4(C(=O)OC)OCC23C1C(O)C4O. The van der Waals surface area contributed by atoms with Crippen LogP contribution < -0.4 is 0 Å². The van der Waals surface area contributed by atoms with Crippen molar-refractivity contribution in [2.75, 3.05) is 20.8 Å². The first kappa shape index (κ1) is 32.6. The summed E-state index contributed by atoms with van der Waals surface area (Å²) >= 11 is 0. The number of ether oxygens (including phenoxy) is 6. The van der Waals surface area contributed by atoms with E-state index in [4.69, 9.17) is 28.4 Å². The Kier molecular flexibility index (Phi) is 8.55. The van der Waals surface area contributed by atoms with Crippen LogP contribution in [0.15, 0.2) is 11.6 Å². The van der Waals surface area contributed by atoms with Gasteiger partial charge in [-0.1, -0.05) is 0 Å². The van der Waals surface area contributed by atoms with Crippen LogP contribution in [0.1, 0.15) is 47.5 Å². The first-order valence-corrected chi connectivity index (χ1v) is 13.9. The molecule has 4 fully saturated rings. The van der Waals surface area contributed by atoms with E-state index in [1.807, 2.05) is 0 Å². The van der Waals surface area contributed by atoms with Gasteiger partial charge < -0.3 is 38.6 Å². The Morgan fingerprint density at radius 2 is 1.72 bits per heavy atom. The average Bonchev–Trinajstić information content (AvgIpc) is 3.23. The Balaban J connectivity index is 1.85. The van der Waals surface area contributed by atoms with Crippen molar-refractivity contribution in [2.24, 2.45) is 29.1 Å². The first-order valence-electron chi connectivity index (χ1n) is 13.9. The zero-order valence-corrected chi connectivity index (χ0v) is 25.1. The minimum Gasteiger partial charge on any atom is -0.469 e. The molecule has 14 nitrogen and oxygen atoms in total. The Hall–Kier alpha value is -3.36. The van der Waals surface area contributed by atoms with E-state index in [1.165, 1.54) is 27.9 Å². The first-order chi connectivity index (χ1) is 20.0. The zero-order valence-electron chi connectivity index (χ0n) is 25.1. The van der Waals surface area contributed by atoms with Crippen molar-refractivity contribution in [3.63, 3.8) is 0 Å². The van der Waals surface area contributed by atoms with Crippen molar-refractivity contribution in [2.45, 2.75) is 83.1 Å². The molecule has 0 radical (unpaired) electrons. The molecular weight excluding hydrogens is 572 g/mol. The number of esters is 5. The van der Waals surface area contributed by atoms with Crippen LogP contribution in [0.5, 0.6) is 0 Å². The molecule has 43 heavy (non-hydrogen) atoms. The maximum Gasteiger partial charge on any atom is 0.348 e. The van der Waals surface area contributed by atoms with Gasteiger partial charge in [-0.3, -0.25) is 14.4 Å². The minimum absolute atomic E-state index is 0.0740. The third-order valence-electron chi connectivity index (χ3n) is 9.78. The van der Waals surface area contributed by atoms with Gasteiger partial charge in [0.05, 0.1) is 32.8 Å². The van der Waals surface area contributed by atoms with Gasteiger partial charge in [-0.25, -0.2) is 14.4 Å². The molecule has 4 rings (SSSR count). The van der Waals surface area contributed by atoms with E-state index in [-0.39, 0.29) is 30.8 Å². The number of carbonyl (C=O) groups is 6. The lowest BCUT2D eigenvalue weighted by molar-refractivity contribution is -0.277. The zero-order chi connectivity index (χ0) is 32.2. The summed E-state index contributed by atoms with van der Waals surface area (Å²) in [5, 5.41) is 23.1. The second kappa shape index (κ2) is 11.3. The molecule has 2 heterocycles. The molecule has 2 N–H and O–H groups in total. The molecule has 10 atom stereocenters. The van der Waals surface area contributed by atoms with Crippen LogP contribution in [0, 0.1) is 29.1 Å². The predicted molar refractivity (Wildman–Crippen MR) is 140 cm³/mol. The van der Waals surface area contributed by atoms with Gasteiger partial charge in [-0.2, -0.15) is 0 Å². The molecule has 2 aliphatic heterocycles. The van der Waals surface area contributed by atoms with Crippen molar-refractivity contribution in [3.8, 4) is 0 Å². The van der Waals surface area contributed by atoms with E-state index in [0.717, 1.165) is 13.2 Å². The third-order valence-corrected chi connectivity index (χ3v) is 9.78. The van der Waals surface area contributed by atoms with Crippen LogP contribution in [-0.2, 0) is 57.2 Å². The Labute approximate surface area is 247 Å². The van der Waals surface area contributed by atoms with Crippen LogP contribution in [-0.4, -0.2) is 102 Å². The second-order valence-electron chi connectivity index (χ2n) is 12.2. The molecule has 0 aromatic rings. The Morgan fingerprint density at radius 3 is 2.28 bits per heavy atom. The van der Waals surface area contributed by atoms with E-state index < -0.39 is 94.6 Å². The minimum atomic E-state index is -2.36. The normalized spacial score (nSPS) is 38.3. The van der Waals surface area contributed by atoms with Crippen LogP contribution in [0.2, 0.25) is 0 Å². The number of aliphatic hydroxyl groups excluding tert-OH is 2. The van der Waals surface area contributed by atoms with Gasteiger partial charge in [0.25, 0.3) is 0 Å². The number of Topliss-reactive ketones (excluding diaryl/α,β-unsaturated/α-hetero) is 1. The number of hydrogen-bond donors (Lipinski definition) is 2. The molecule has 1 spiro atoms. The van der Waals surface area contributed by atoms with Gasteiger partial charge >= 0.3 is 29.8 Å². The molecule has 0 aromatic heterocycles.